The summed E-state index contributed by atoms with van der Waals surface area (Å²) in [4.78, 5) is 42.7. The molecule has 1 aromatic carbocycles. The molecule has 1 fully saturated rings. The van der Waals surface area contributed by atoms with Gasteiger partial charge in [-0.2, -0.15) is 0 Å². The number of benzene rings is 1. The molecule has 0 radical (unpaired) electrons. The van der Waals surface area contributed by atoms with Crippen LogP contribution in [0.3, 0.4) is 0 Å². The van der Waals surface area contributed by atoms with Gasteiger partial charge < -0.3 is 19.7 Å². The Morgan fingerprint density at radius 2 is 1.74 bits per heavy atom. The number of hydrogen-bond donors (Lipinski definition) is 1. The van der Waals surface area contributed by atoms with Gasteiger partial charge in [0.25, 0.3) is 11.8 Å². The van der Waals surface area contributed by atoms with Crippen molar-refractivity contribution in [2.24, 2.45) is 0 Å². The molecule has 1 aromatic heterocycles. The summed E-state index contributed by atoms with van der Waals surface area (Å²) in [5.74, 6) is -1.33. The molecule has 8 heteroatoms. The largest absolute Gasteiger partial charge is 0.465 e. The van der Waals surface area contributed by atoms with Gasteiger partial charge in [-0.05, 0) is 24.3 Å². The van der Waals surface area contributed by atoms with E-state index in [-0.39, 0.29) is 22.9 Å². The van der Waals surface area contributed by atoms with Gasteiger partial charge in [0, 0.05) is 13.1 Å². The second kappa shape index (κ2) is 8.41. The first-order valence-corrected chi connectivity index (χ1v) is 8.43. The first-order valence-electron chi connectivity index (χ1n) is 8.43. The summed E-state index contributed by atoms with van der Waals surface area (Å²) in [5, 5.41) is 2.64. The number of methoxy groups -OCH3 is 1. The van der Waals surface area contributed by atoms with Gasteiger partial charge in [-0.3, -0.25) is 9.59 Å². The van der Waals surface area contributed by atoms with E-state index in [4.69, 9.17) is 9.47 Å². The molecule has 0 bridgehead atoms. The van der Waals surface area contributed by atoms with Gasteiger partial charge in [-0.25, -0.2) is 9.78 Å². The minimum atomic E-state index is -0.560. The van der Waals surface area contributed by atoms with E-state index in [1.54, 1.807) is 41.3 Å². The Labute approximate surface area is 156 Å². The number of hydrogen-bond acceptors (Lipinski definition) is 6. The monoisotopic (exact) mass is 369 g/mol. The second-order valence-electron chi connectivity index (χ2n) is 5.80. The summed E-state index contributed by atoms with van der Waals surface area (Å²) in [6.45, 7) is 1.94. The van der Waals surface area contributed by atoms with Crippen LogP contribution < -0.4 is 5.32 Å². The second-order valence-corrected chi connectivity index (χ2v) is 5.80. The smallest absolute Gasteiger partial charge is 0.339 e. The summed E-state index contributed by atoms with van der Waals surface area (Å²) >= 11 is 0. The van der Waals surface area contributed by atoms with Crippen LogP contribution in [0.4, 0.5) is 5.69 Å². The number of nitrogens with zero attached hydrogens (tertiary/aromatic N) is 2. The SMILES string of the molecule is COC(=O)c1ccccc1NC(=O)c1cccc(C(=O)N2CCOCC2)n1. The first kappa shape index (κ1) is 18.5. The van der Waals surface area contributed by atoms with E-state index < -0.39 is 11.9 Å². The summed E-state index contributed by atoms with van der Waals surface area (Å²) in [7, 11) is 1.27. The highest BCUT2D eigenvalue weighted by Gasteiger charge is 2.21. The molecule has 3 rings (SSSR count). The van der Waals surface area contributed by atoms with E-state index in [2.05, 4.69) is 10.3 Å². The molecule has 0 aliphatic carbocycles. The van der Waals surface area contributed by atoms with E-state index in [0.29, 0.717) is 32.0 Å². The van der Waals surface area contributed by atoms with Crippen LogP contribution >= 0.6 is 0 Å². The minimum absolute atomic E-state index is 0.0776. The Morgan fingerprint density at radius 1 is 1.04 bits per heavy atom. The number of amides is 2. The van der Waals surface area contributed by atoms with Crippen molar-refractivity contribution >= 4 is 23.5 Å². The highest BCUT2D eigenvalue weighted by atomic mass is 16.5. The lowest BCUT2D eigenvalue weighted by Crippen LogP contribution is -2.41. The molecule has 1 N–H and O–H groups in total. The molecule has 8 nitrogen and oxygen atoms in total. The zero-order chi connectivity index (χ0) is 19.2. The number of aromatic nitrogens is 1. The highest BCUT2D eigenvalue weighted by molar-refractivity contribution is 6.07. The number of ether oxygens (including phenoxy) is 2. The normalized spacial score (nSPS) is 13.7. The lowest BCUT2D eigenvalue weighted by molar-refractivity contribution is 0.0299. The maximum absolute atomic E-state index is 12.6. The fourth-order valence-electron chi connectivity index (χ4n) is 2.68. The van der Waals surface area contributed by atoms with Crippen molar-refractivity contribution in [2.75, 3.05) is 38.7 Å². The molecular weight excluding hydrogens is 350 g/mol. The Bertz CT molecular complexity index is 862. The number of nitrogens with one attached hydrogen (secondary N) is 1. The van der Waals surface area contributed by atoms with Crippen LogP contribution in [0.15, 0.2) is 42.5 Å². The van der Waals surface area contributed by atoms with Gasteiger partial charge in [-0.1, -0.05) is 18.2 Å². The third kappa shape index (κ3) is 4.29. The molecule has 2 aromatic rings. The average molecular weight is 369 g/mol. The molecule has 1 aliphatic heterocycles. The van der Waals surface area contributed by atoms with Crippen molar-refractivity contribution in [3.05, 3.63) is 59.4 Å². The van der Waals surface area contributed by atoms with Crippen LogP contribution in [0, 0.1) is 0 Å². The third-order valence-corrected chi connectivity index (χ3v) is 4.08. The summed E-state index contributed by atoms with van der Waals surface area (Å²) in [5.41, 5.74) is 0.800. The van der Waals surface area contributed by atoms with Crippen molar-refractivity contribution in [1.29, 1.82) is 0 Å². The Balaban J connectivity index is 1.78. The predicted octanol–water partition coefficient (Wildman–Crippen LogP) is 1.59. The first-order chi connectivity index (χ1) is 13.1. The van der Waals surface area contributed by atoms with Gasteiger partial charge in [0.2, 0.25) is 0 Å². The van der Waals surface area contributed by atoms with Crippen LogP contribution in [0.5, 0.6) is 0 Å². The number of rotatable bonds is 4. The number of pyridine rings is 1. The van der Waals surface area contributed by atoms with Crippen molar-refractivity contribution < 1.29 is 23.9 Å². The van der Waals surface area contributed by atoms with Crippen LogP contribution in [0.1, 0.15) is 31.3 Å². The molecule has 27 heavy (non-hydrogen) atoms. The van der Waals surface area contributed by atoms with Crippen LogP contribution in [0.2, 0.25) is 0 Å². The summed E-state index contributed by atoms with van der Waals surface area (Å²) in [6, 6.07) is 11.2. The fraction of sp³-hybridized carbons (Fsp3) is 0.263. The quantitative estimate of drug-likeness (QED) is 0.822. The summed E-state index contributed by atoms with van der Waals surface area (Å²) in [6.07, 6.45) is 0. The van der Waals surface area contributed by atoms with Gasteiger partial charge >= 0.3 is 5.97 Å². The molecule has 0 spiro atoms. The van der Waals surface area contributed by atoms with Gasteiger partial charge in [0.15, 0.2) is 0 Å². The average Bonchev–Trinajstić information content (AvgIpc) is 2.73. The number of carbonyl (C=O) groups is 3. The third-order valence-electron chi connectivity index (χ3n) is 4.08. The minimum Gasteiger partial charge on any atom is -0.465 e. The Morgan fingerprint density at radius 3 is 2.48 bits per heavy atom. The Kier molecular flexibility index (Phi) is 5.77. The number of esters is 1. The predicted molar refractivity (Wildman–Crippen MR) is 96.7 cm³/mol. The van der Waals surface area contributed by atoms with Crippen LogP contribution in [-0.2, 0) is 9.47 Å². The van der Waals surface area contributed by atoms with Crippen LogP contribution in [-0.4, -0.2) is 61.1 Å². The maximum Gasteiger partial charge on any atom is 0.339 e. The molecule has 1 saturated heterocycles. The van der Waals surface area contributed by atoms with E-state index in [1.165, 1.54) is 13.2 Å². The van der Waals surface area contributed by atoms with E-state index in [1.807, 2.05) is 0 Å². The van der Waals surface area contributed by atoms with Gasteiger partial charge in [0.05, 0.1) is 31.6 Å². The lowest BCUT2D eigenvalue weighted by Gasteiger charge is -2.26. The number of morpholine rings is 1. The fourth-order valence-corrected chi connectivity index (χ4v) is 2.68. The molecule has 140 valence electrons. The molecular formula is C19H19N3O5. The Hall–Kier alpha value is -3.26. The van der Waals surface area contributed by atoms with Gasteiger partial charge in [-0.15, -0.1) is 0 Å². The van der Waals surface area contributed by atoms with Crippen LogP contribution in [0.25, 0.3) is 0 Å². The van der Waals surface area contributed by atoms with Gasteiger partial charge in [0.1, 0.15) is 11.4 Å². The van der Waals surface area contributed by atoms with Crippen molar-refractivity contribution in [3.8, 4) is 0 Å². The lowest BCUT2D eigenvalue weighted by atomic mass is 10.1. The number of anilines is 1. The van der Waals surface area contributed by atoms with Crippen molar-refractivity contribution in [3.63, 3.8) is 0 Å². The van der Waals surface area contributed by atoms with Crippen molar-refractivity contribution in [1.82, 2.24) is 9.88 Å². The van der Waals surface area contributed by atoms with E-state index in [0.717, 1.165) is 0 Å². The summed E-state index contributed by atoms with van der Waals surface area (Å²) < 4.78 is 9.95. The number of carbonyl (C=O) groups excluding carboxylic acids is 3. The van der Waals surface area contributed by atoms with E-state index >= 15 is 0 Å². The zero-order valence-corrected chi connectivity index (χ0v) is 14.8. The number of para-hydroxylation sites is 1. The topological polar surface area (TPSA) is 97.8 Å². The van der Waals surface area contributed by atoms with E-state index in [9.17, 15) is 14.4 Å². The maximum atomic E-state index is 12.6. The molecule has 0 unspecified atom stereocenters. The molecule has 1 aliphatic rings. The molecule has 0 saturated carbocycles. The zero-order valence-electron chi connectivity index (χ0n) is 14.8. The molecule has 2 amide bonds. The van der Waals surface area contributed by atoms with Crippen molar-refractivity contribution in [2.45, 2.75) is 0 Å². The molecule has 0 atom stereocenters. The standard InChI is InChI=1S/C19H19N3O5/c1-26-19(25)13-5-2-3-6-14(13)21-17(23)15-7-4-8-16(20-15)18(24)22-9-11-27-12-10-22/h2-8H,9-12H2,1H3,(H,21,23). The molecule has 2 heterocycles. The highest BCUT2D eigenvalue weighted by Crippen LogP contribution is 2.17.